The third-order valence-corrected chi connectivity index (χ3v) is 1.68. The largest absolute Gasteiger partial charge is 0.573 e. The number of hydrogen-bond donors (Lipinski definition) is 1. The summed E-state index contributed by atoms with van der Waals surface area (Å²) in [5, 5.41) is 0. The molecule has 0 spiro atoms. The van der Waals surface area contributed by atoms with E-state index in [1.807, 2.05) is 0 Å². The molecule has 0 bridgehead atoms. The van der Waals surface area contributed by atoms with Gasteiger partial charge < -0.3 is 15.2 Å². The van der Waals surface area contributed by atoms with Gasteiger partial charge in [-0.05, 0) is 0 Å². The Bertz CT molecular complexity index is 408. The van der Waals surface area contributed by atoms with Crippen molar-refractivity contribution in [3.63, 3.8) is 0 Å². The highest BCUT2D eigenvalue weighted by molar-refractivity contribution is 5.52. The maximum atomic E-state index is 12.5. The van der Waals surface area contributed by atoms with E-state index in [4.69, 9.17) is 5.73 Å². The van der Waals surface area contributed by atoms with Gasteiger partial charge in [0.25, 0.3) is 6.43 Å². The van der Waals surface area contributed by atoms with Crippen LogP contribution in [-0.4, -0.2) is 18.5 Å². The summed E-state index contributed by atoms with van der Waals surface area (Å²) in [5.74, 6) is -2.26. The minimum atomic E-state index is -5.11. The number of anilines is 1. The van der Waals surface area contributed by atoms with Crippen molar-refractivity contribution in [3.05, 3.63) is 11.6 Å². The van der Waals surface area contributed by atoms with Gasteiger partial charge in [-0.25, -0.2) is 8.78 Å². The number of hydrogen-bond acceptors (Lipinski definition) is 4. The second-order valence-corrected chi connectivity index (χ2v) is 2.81. The molecule has 0 aliphatic carbocycles. The van der Waals surface area contributed by atoms with Crippen molar-refractivity contribution in [2.45, 2.75) is 12.8 Å². The average molecular weight is 258 g/mol. The number of aromatic nitrogens is 1. The van der Waals surface area contributed by atoms with Crippen LogP contribution in [-0.2, 0) is 0 Å². The van der Waals surface area contributed by atoms with Crippen LogP contribution in [0.15, 0.2) is 6.07 Å². The van der Waals surface area contributed by atoms with E-state index in [2.05, 4.69) is 14.5 Å². The fraction of sp³-hybridized carbons (Fsp3) is 0.375. The number of nitrogens with zero attached hydrogens (tertiary/aromatic N) is 1. The van der Waals surface area contributed by atoms with Crippen LogP contribution in [0.2, 0.25) is 0 Å². The summed E-state index contributed by atoms with van der Waals surface area (Å²) in [6.07, 6.45) is -8.35. The predicted molar refractivity (Wildman–Crippen MR) is 46.8 cm³/mol. The highest BCUT2D eigenvalue weighted by Gasteiger charge is 2.34. The zero-order valence-electron chi connectivity index (χ0n) is 8.39. The first-order chi connectivity index (χ1) is 7.74. The van der Waals surface area contributed by atoms with Crippen molar-refractivity contribution in [2.24, 2.45) is 0 Å². The maximum Gasteiger partial charge on any atom is 0.573 e. The molecule has 1 aromatic heterocycles. The number of rotatable bonds is 3. The Labute approximate surface area is 92.1 Å². The van der Waals surface area contributed by atoms with Gasteiger partial charge in [0.15, 0.2) is 0 Å². The first-order valence-electron chi connectivity index (χ1n) is 4.13. The van der Waals surface area contributed by atoms with E-state index in [1.54, 1.807) is 0 Å². The van der Waals surface area contributed by atoms with Crippen LogP contribution in [0.5, 0.6) is 11.6 Å². The van der Waals surface area contributed by atoms with E-state index < -0.39 is 29.9 Å². The summed E-state index contributed by atoms with van der Waals surface area (Å²) in [4.78, 5) is 3.33. The zero-order chi connectivity index (χ0) is 13.2. The summed E-state index contributed by atoms with van der Waals surface area (Å²) in [6.45, 7) is 0. The third-order valence-electron chi connectivity index (χ3n) is 1.68. The first-order valence-corrected chi connectivity index (χ1v) is 4.13. The van der Waals surface area contributed by atoms with Gasteiger partial charge in [0.2, 0.25) is 5.88 Å². The second-order valence-electron chi connectivity index (χ2n) is 2.81. The van der Waals surface area contributed by atoms with Gasteiger partial charge in [-0.1, -0.05) is 0 Å². The zero-order valence-corrected chi connectivity index (χ0v) is 8.39. The van der Waals surface area contributed by atoms with Gasteiger partial charge in [-0.2, -0.15) is 4.98 Å². The molecule has 17 heavy (non-hydrogen) atoms. The molecule has 0 unspecified atom stereocenters. The molecule has 0 fully saturated rings. The van der Waals surface area contributed by atoms with Crippen molar-refractivity contribution in [3.8, 4) is 11.6 Å². The van der Waals surface area contributed by atoms with Gasteiger partial charge in [-0.3, -0.25) is 0 Å². The fourth-order valence-electron chi connectivity index (χ4n) is 1.06. The summed E-state index contributed by atoms with van der Waals surface area (Å²) in [6, 6.07) is 0.589. The molecule has 9 heteroatoms. The number of ether oxygens (including phenoxy) is 2. The number of halogens is 5. The Morgan fingerprint density at radius 2 is 1.94 bits per heavy atom. The van der Waals surface area contributed by atoms with Crippen molar-refractivity contribution < 1.29 is 31.4 Å². The summed E-state index contributed by atoms with van der Waals surface area (Å²) in [7, 11) is 1.10. The molecule has 1 aromatic rings. The van der Waals surface area contributed by atoms with E-state index in [1.165, 1.54) is 0 Å². The van der Waals surface area contributed by atoms with E-state index in [0.29, 0.717) is 6.07 Å². The lowest BCUT2D eigenvalue weighted by Crippen LogP contribution is -2.19. The van der Waals surface area contributed by atoms with Crippen LogP contribution in [0.4, 0.5) is 27.8 Å². The number of methoxy groups -OCH3 is 1. The molecule has 1 heterocycles. The quantitative estimate of drug-likeness (QED) is 0.846. The topological polar surface area (TPSA) is 57.4 Å². The molecular weight excluding hydrogens is 251 g/mol. The smallest absolute Gasteiger partial charge is 0.481 e. The Morgan fingerprint density at radius 3 is 2.35 bits per heavy atom. The van der Waals surface area contributed by atoms with Crippen LogP contribution in [0, 0.1) is 0 Å². The molecular formula is C8H7F5N2O2. The van der Waals surface area contributed by atoms with Crippen LogP contribution >= 0.6 is 0 Å². The number of pyridine rings is 1. The Morgan fingerprint density at radius 1 is 1.35 bits per heavy atom. The molecule has 2 N–H and O–H groups in total. The summed E-state index contributed by atoms with van der Waals surface area (Å²) < 4.78 is 68.9. The van der Waals surface area contributed by atoms with E-state index in [0.717, 1.165) is 7.11 Å². The third kappa shape index (κ3) is 3.33. The van der Waals surface area contributed by atoms with Crippen molar-refractivity contribution in [1.29, 1.82) is 0 Å². The summed E-state index contributed by atoms with van der Waals surface area (Å²) in [5.41, 5.74) is 3.98. The second kappa shape index (κ2) is 4.60. The normalized spacial score (nSPS) is 11.7. The molecule has 96 valence electrons. The van der Waals surface area contributed by atoms with Gasteiger partial charge in [0.1, 0.15) is 17.1 Å². The standard InChI is InChI=1S/C8H7F5N2O2/c1-16-4-2-3(17-8(11,12)13)5(6(9)10)7(14)15-4/h2,6H,1H3,(H2,14,15). The molecule has 0 aliphatic rings. The lowest BCUT2D eigenvalue weighted by Gasteiger charge is -2.15. The van der Waals surface area contributed by atoms with Crippen LogP contribution in [0.3, 0.4) is 0 Å². The van der Waals surface area contributed by atoms with Crippen LogP contribution < -0.4 is 15.2 Å². The van der Waals surface area contributed by atoms with Gasteiger partial charge in [0.05, 0.1) is 7.11 Å². The molecule has 0 aromatic carbocycles. The first kappa shape index (κ1) is 13.3. The van der Waals surface area contributed by atoms with E-state index in [-0.39, 0.29) is 5.88 Å². The number of alkyl halides is 5. The Kier molecular flexibility index (Phi) is 3.59. The minimum Gasteiger partial charge on any atom is -0.481 e. The SMILES string of the molecule is COc1cc(OC(F)(F)F)c(C(F)F)c(N)n1. The Balaban J connectivity index is 3.27. The molecule has 0 amide bonds. The fourth-order valence-corrected chi connectivity index (χ4v) is 1.06. The molecule has 0 saturated heterocycles. The lowest BCUT2D eigenvalue weighted by molar-refractivity contribution is -0.275. The van der Waals surface area contributed by atoms with Crippen LogP contribution in [0.25, 0.3) is 0 Å². The predicted octanol–water partition coefficient (Wildman–Crippen LogP) is 2.51. The maximum absolute atomic E-state index is 12.5. The Hall–Kier alpha value is -1.80. The van der Waals surface area contributed by atoms with Crippen LogP contribution in [0.1, 0.15) is 12.0 Å². The lowest BCUT2D eigenvalue weighted by atomic mass is 10.2. The molecule has 4 nitrogen and oxygen atoms in total. The van der Waals surface area contributed by atoms with Gasteiger partial charge in [-0.15, -0.1) is 13.2 Å². The van der Waals surface area contributed by atoms with E-state index >= 15 is 0 Å². The molecule has 0 atom stereocenters. The number of nitrogens with two attached hydrogens (primary N) is 1. The molecule has 0 radical (unpaired) electrons. The molecule has 0 aliphatic heterocycles. The molecule has 0 saturated carbocycles. The molecule has 1 rings (SSSR count). The highest BCUT2D eigenvalue weighted by atomic mass is 19.4. The monoisotopic (exact) mass is 258 g/mol. The van der Waals surface area contributed by atoms with Crippen molar-refractivity contribution >= 4 is 5.82 Å². The number of nitrogen functional groups attached to an aromatic ring is 1. The summed E-state index contributed by atoms with van der Waals surface area (Å²) >= 11 is 0. The van der Waals surface area contributed by atoms with Crippen molar-refractivity contribution in [1.82, 2.24) is 4.98 Å². The van der Waals surface area contributed by atoms with E-state index in [9.17, 15) is 22.0 Å². The highest BCUT2D eigenvalue weighted by Crippen LogP contribution is 2.37. The van der Waals surface area contributed by atoms with Gasteiger partial charge in [0, 0.05) is 6.07 Å². The average Bonchev–Trinajstić information content (AvgIpc) is 2.13. The van der Waals surface area contributed by atoms with Gasteiger partial charge >= 0.3 is 6.36 Å². The minimum absolute atomic E-state index is 0.355. The van der Waals surface area contributed by atoms with Crippen molar-refractivity contribution in [2.75, 3.05) is 12.8 Å².